The van der Waals surface area contributed by atoms with E-state index in [4.69, 9.17) is 0 Å². The SMILES string of the molecule is c1ccc([C@H]2C[C@H]3CCCCN3c3ccccc32)cc1. The standard InChI is InChI=1S/C19H21N/c1-2-8-15(9-3-1)18-14-16-10-6-7-13-20(16)19-12-5-4-11-17(18)19/h1-5,8-9,11-12,16,18H,6-7,10,13-14H2/t16-,18-/m1/s1. The molecule has 0 saturated carbocycles. The first-order chi connectivity index (χ1) is 9.93. The Balaban J connectivity index is 1.81. The third kappa shape index (κ3) is 1.93. The van der Waals surface area contributed by atoms with E-state index in [1.807, 2.05) is 0 Å². The second kappa shape index (κ2) is 4.97. The van der Waals surface area contributed by atoms with Crippen molar-refractivity contribution in [2.75, 3.05) is 11.4 Å². The molecule has 2 aliphatic heterocycles. The van der Waals surface area contributed by atoms with Gasteiger partial charge in [-0.25, -0.2) is 0 Å². The lowest BCUT2D eigenvalue weighted by atomic mass is 9.78. The molecule has 0 unspecified atom stereocenters. The van der Waals surface area contributed by atoms with Crippen LogP contribution in [0.25, 0.3) is 0 Å². The van der Waals surface area contributed by atoms with E-state index in [1.165, 1.54) is 49.0 Å². The maximum absolute atomic E-state index is 2.66. The summed E-state index contributed by atoms with van der Waals surface area (Å²) in [5.41, 5.74) is 4.49. The Kier molecular flexibility index (Phi) is 2.99. The predicted octanol–water partition coefficient (Wildman–Crippen LogP) is 4.58. The molecule has 1 heteroatoms. The van der Waals surface area contributed by atoms with Crippen molar-refractivity contribution in [1.82, 2.24) is 0 Å². The predicted molar refractivity (Wildman–Crippen MR) is 84.3 cm³/mol. The van der Waals surface area contributed by atoms with E-state index in [-0.39, 0.29) is 0 Å². The van der Waals surface area contributed by atoms with Crippen LogP contribution in [0.5, 0.6) is 0 Å². The average Bonchev–Trinajstić information content (AvgIpc) is 2.55. The van der Waals surface area contributed by atoms with E-state index in [0.29, 0.717) is 5.92 Å². The first-order valence-corrected chi connectivity index (χ1v) is 7.84. The van der Waals surface area contributed by atoms with Gasteiger partial charge in [0.05, 0.1) is 0 Å². The van der Waals surface area contributed by atoms with Crippen LogP contribution in [-0.2, 0) is 0 Å². The van der Waals surface area contributed by atoms with Crippen LogP contribution >= 0.6 is 0 Å². The van der Waals surface area contributed by atoms with Crippen molar-refractivity contribution in [1.29, 1.82) is 0 Å². The van der Waals surface area contributed by atoms with Crippen LogP contribution in [0.2, 0.25) is 0 Å². The van der Waals surface area contributed by atoms with Gasteiger partial charge in [-0.15, -0.1) is 0 Å². The van der Waals surface area contributed by atoms with Crippen molar-refractivity contribution in [3.05, 3.63) is 65.7 Å². The van der Waals surface area contributed by atoms with Gasteiger partial charge in [-0.2, -0.15) is 0 Å². The minimum atomic E-state index is 0.576. The van der Waals surface area contributed by atoms with Gasteiger partial charge < -0.3 is 4.90 Å². The highest BCUT2D eigenvalue weighted by molar-refractivity contribution is 5.60. The van der Waals surface area contributed by atoms with Crippen molar-refractivity contribution in [2.24, 2.45) is 0 Å². The van der Waals surface area contributed by atoms with E-state index in [9.17, 15) is 0 Å². The molecule has 4 rings (SSSR count). The van der Waals surface area contributed by atoms with Crippen LogP contribution in [0.15, 0.2) is 54.6 Å². The Bertz CT molecular complexity index is 590. The van der Waals surface area contributed by atoms with Crippen molar-refractivity contribution < 1.29 is 0 Å². The molecular formula is C19H21N. The molecular weight excluding hydrogens is 242 g/mol. The quantitative estimate of drug-likeness (QED) is 0.728. The topological polar surface area (TPSA) is 3.24 Å². The summed E-state index contributed by atoms with van der Waals surface area (Å²) in [4.78, 5) is 2.66. The summed E-state index contributed by atoms with van der Waals surface area (Å²) in [6.07, 6.45) is 5.38. The van der Waals surface area contributed by atoms with Gasteiger partial charge in [0.2, 0.25) is 0 Å². The van der Waals surface area contributed by atoms with Gasteiger partial charge in [0.1, 0.15) is 0 Å². The zero-order chi connectivity index (χ0) is 13.4. The molecule has 2 atom stereocenters. The normalized spacial score (nSPS) is 24.9. The largest absolute Gasteiger partial charge is 0.368 e. The zero-order valence-corrected chi connectivity index (χ0v) is 11.8. The van der Waals surface area contributed by atoms with Crippen LogP contribution < -0.4 is 4.90 Å². The number of nitrogens with zero attached hydrogens (tertiary/aromatic N) is 1. The second-order valence-corrected chi connectivity index (χ2v) is 6.10. The van der Waals surface area contributed by atoms with E-state index in [1.54, 1.807) is 0 Å². The van der Waals surface area contributed by atoms with Crippen LogP contribution in [0, 0.1) is 0 Å². The Morgan fingerprint density at radius 2 is 1.65 bits per heavy atom. The highest BCUT2D eigenvalue weighted by atomic mass is 15.2. The number of hydrogen-bond donors (Lipinski definition) is 0. The highest BCUT2D eigenvalue weighted by Gasteiger charge is 2.34. The van der Waals surface area contributed by atoms with E-state index in [2.05, 4.69) is 59.5 Å². The van der Waals surface area contributed by atoms with Gasteiger partial charge in [0.15, 0.2) is 0 Å². The molecule has 0 radical (unpaired) electrons. The first-order valence-electron chi connectivity index (χ1n) is 7.84. The lowest BCUT2D eigenvalue weighted by Gasteiger charge is -2.45. The summed E-state index contributed by atoms with van der Waals surface area (Å²) in [5, 5.41) is 0. The van der Waals surface area contributed by atoms with Crippen LogP contribution in [0.3, 0.4) is 0 Å². The van der Waals surface area contributed by atoms with Gasteiger partial charge in [0.25, 0.3) is 0 Å². The van der Waals surface area contributed by atoms with Crippen molar-refractivity contribution in [3.63, 3.8) is 0 Å². The van der Waals surface area contributed by atoms with Gasteiger partial charge >= 0.3 is 0 Å². The molecule has 0 amide bonds. The summed E-state index contributed by atoms with van der Waals surface area (Å²) in [7, 11) is 0. The number of benzene rings is 2. The lowest BCUT2D eigenvalue weighted by molar-refractivity contribution is 0.406. The molecule has 0 N–H and O–H groups in total. The Hall–Kier alpha value is -1.76. The lowest BCUT2D eigenvalue weighted by Crippen LogP contribution is -2.44. The first kappa shape index (κ1) is 12.0. The van der Waals surface area contributed by atoms with Crippen LogP contribution in [0.4, 0.5) is 5.69 Å². The summed E-state index contributed by atoms with van der Waals surface area (Å²) < 4.78 is 0. The minimum absolute atomic E-state index is 0.576. The number of para-hydroxylation sites is 1. The molecule has 0 aromatic heterocycles. The van der Waals surface area contributed by atoms with Gasteiger partial charge in [0, 0.05) is 24.2 Å². The maximum atomic E-state index is 2.66. The third-order valence-electron chi connectivity index (χ3n) is 4.96. The van der Waals surface area contributed by atoms with Crippen molar-refractivity contribution in [2.45, 2.75) is 37.6 Å². The number of rotatable bonds is 1. The molecule has 1 saturated heterocycles. The molecule has 20 heavy (non-hydrogen) atoms. The summed E-state index contributed by atoms with van der Waals surface area (Å²) >= 11 is 0. The van der Waals surface area contributed by atoms with Gasteiger partial charge in [-0.05, 0) is 42.9 Å². The van der Waals surface area contributed by atoms with E-state index in [0.717, 1.165) is 6.04 Å². The van der Waals surface area contributed by atoms with Crippen LogP contribution in [-0.4, -0.2) is 12.6 Å². The summed E-state index contributed by atoms with van der Waals surface area (Å²) in [6, 6.07) is 20.8. The molecule has 0 aliphatic carbocycles. The molecule has 2 aromatic carbocycles. The fourth-order valence-electron chi connectivity index (χ4n) is 4.01. The summed E-state index contributed by atoms with van der Waals surface area (Å²) in [5.74, 6) is 0.576. The molecule has 2 aliphatic rings. The van der Waals surface area contributed by atoms with E-state index >= 15 is 0 Å². The smallest absolute Gasteiger partial charge is 0.0407 e. The highest BCUT2D eigenvalue weighted by Crippen LogP contribution is 2.44. The zero-order valence-electron chi connectivity index (χ0n) is 11.8. The third-order valence-corrected chi connectivity index (χ3v) is 4.96. The van der Waals surface area contributed by atoms with Crippen LogP contribution in [0.1, 0.15) is 42.7 Å². The Morgan fingerprint density at radius 3 is 2.55 bits per heavy atom. The number of anilines is 1. The minimum Gasteiger partial charge on any atom is -0.368 e. The van der Waals surface area contributed by atoms with E-state index < -0.39 is 0 Å². The van der Waals surface area contributed by atoms with Gasteiger partial charge in [-0.3, -0.25) is 0 Å². The number of piperidine rings is 1. The second-order valence-electron chi connectivity index (χ2n) is 6.10. The maximum Gasteiger partial charge on any atom is 0.0407 e. The average molecular weight is 263 g/mol. The van der Waals surface area contributed by atoms with Crippen molar-refractivity contribution >= 4 is 5.69 Å². The molecule has 102 valence electrons. The fourth-order valence-corrected chi connectivity index (χ4v) is 4.01. The van der Waals surface area contributed by atoms with Crippen molar-refractivity contribution in [3.8, 4) is 0 Å². The monoisotopic (exact) mass is 263 g/mol. The molecule has 0 bridgehead atoms. The number of hydrogen-bond acceptors (Lipinski definition) is 1. The van der Waals surface area contributed by atoms with Gasteiger partial charge in [-0.1, -0.05) is 48.5 Å². The molecule has 2 aromatic rings. The molecule has 1 nitrogen and oxygen atoms in total. The summed E-state index contributed by atoms with van der Waals surface area (Å²) in [6.45, 7) is 1.24. The Labute approximate surface area is 121 Å². The molecule has 0 spiro atoms. The Morgan fingerprint density at radius 1 is 0.850 bits per heavy atom. The fraction of sp³-hybridized carbons (Fsp3) is 0.368. The molecule has 1 fully saturated rings. The number of fused-ring (bicyclic) bond motifs is 3. The molecule has 2 heterocycles.